The van der Waals surface area contributed by atoms with Gasteiger partial charge in [0.2, 0.25) is 5.91 Å². The summed E-state index contributed by atoms with van der Waals surface area (Å²) in [4.78, 5) is 12.1. The molecule has 0 radical (unpaired) electrons. The highest BCUT2D eigenvalue weighted by molar-refractivity contribution is 5.76. The first-order chi connectivity index (χ1) is 13.5. The van der Waals surface area contributed by atoms with Crippen molar-refractivity contribution >= 4 is 5.91 Å². The molecule has 0 aliphatic rings. The van der Waals surface area contributed by atoms with Crippen LogP contribution in [0, 0.1) is 19.7 Å². The Morgan fingerprint density at radius 1 is 1.11 bits per heavy atom. The first kappa shape index (κ1) is 19.6. The lowest BCUT2D eigenvalue weighted by Crippen LogP contribution is -2.25. The standard InChI is InChI=1S/C22H24FN3O2/c1-16-21(17(2)26(25-16)15-18-6-4-3-5-7-18)14-24-22(27)12-13-28-20-10-8-19(23)9-11-20/h3-11H,12-15H2,1-2H3,(H,24,27). The molecule has 3 aromatic rings. The quantitative estimate of drug-likeness (QED) is 0.646. The minimum absolute atomic E-state index is 0.100. The van der Waals surface area contributed by atoms with Crippen LogP contribution < -0.4 is 10.1 Å². The SMILES string of the molecule is Cc1nn(Cc2ccccc2)c(C)c1CNC(=O)CCOc1ccc(F)cc1. The number of halogens is 1. The van der Waals surface area contributed by atoms with Crippen molar-refractivity contribution in [1.82, 2.24) is 15.1 Å². The highest BCUT2D eigenvalue weighted by Gasteiger charge is 2.13. The van der Waals surface area contributed by atoms with Crippen molar-refractivity contribution < 1.29 is 13.9 Å². The van der Waals surface area contributed by atoms with E-state index in [1.54, 1.807) is 12.1 Å². The van der Waals surface area contributed by atoms with E-state index in [2.05, 4.69) is 22.5 Å². The summed E-state index contributed by atoms with van der Waals surface area (Å²) in [5, 5.41) is 7.52. The molecule has 1 aromatic heterocycles. The normalized spacial score (nSPS) is 10.7. The van der Waals surface area contributed by atoms with Crippen molar-refractivity contribution in [1.29, 1.82) is 0 Å². The smallest absolute Gasteiger partial charge is 0.223 e. The van der Waals surface area contributed by atoms with Crippen LogP contribution >= 0.6 is 0 Å². The van der Waals surface area contributed by atoms with Gasteiger partial charge in [0.15, 0.2) is 0 Å². The van der Waals surface area contributed by atoms with E-state index in [4.69, 9.17) is 4.74 Å². The summed E-state index contributed by atoms with van der Waals surface area (Å²) < 4.78 is 20.3. The molecule has 0 unspecified atom stereocenters. The van der Waals surface area contributed by atoms with Crippen LogP contribution in [0.25, 0.3) is 0 Å². The van der Waals surface area contributed by atoms with Crippen molar-refractivity contribution in [3.8, 4) is 5.75 Å². The van der Waals surface area contributed by atoms with E-state index in [0.29, 0.717) is 18.8 Å². The molecule has 0 spiro atoms. The molecule has 5 nitrogen and oxygen atoms in total. The summed E-state index contributed by atoms with van der Waals surface area (Å²) in [7, 11) is 0. The Kier molecular flexibility index (Phi) is 6.42. The summed E-state index contributed by atoms with van der Waals surface area (Å²) in [5.74, 6) is 0.128. The number of rotatable bonds is 8. The molecule has 0 aliphatic carbocycles. The van der Waals surface area contributed by atoms with E-state index in [1.165, 1.54) is 17.7 Å². The molecular weight excluding hydrogens is 357 g/mol. The number of nitrogens with one attached hydrogen (secondary N) is 1. The van der Waals surface area contributed by atoms with E-state index < -0.39 is 0 Å². The number of aromatic nitrogens is 2. The zero-order chi connectivity index (χ0) is 19.9. The van der Waals surface area contributed by atoms with Crippen molar-refractivity contribution in [3.63, 3.8) is 0 Å². The van der Waals surface area contributed by atoms with Gasteiger partial charge in [-0.15, -0.1) is 0 Å². The van der Waals surface area contributed by atoms with Gasteiger partial charge in [0.05, 0.1) is 25.3 Å². The summed E-state index contributed by atoms with van der Waals surface area (Å²) in [6, 6.07) is 15.9. The predicted octanol–water partition coefficient (Wildman–Crippen LogP) is 3.77. The van der Waals surface area contributed by atoms with Crippen LogP contribution in [0.1, 0.15) is 28.9 Å². The van der Waals surface area contributed by atoms with Crippen LogP contribution in [0.3, 0.4) is 0 Å². The van der Waals surface area contributed by atoms with Crippen LogP contribution in [0.15, 0.2) is 54.6 Å². The highest BCUT2D eigenvalue weighted by atomic mass is 19.1. The van der Waals surface area contributed by atoms with Crippen LogP contribution in [0.4, 0.5) is 4.39 Å². The fourth-order valence-electron chi connectivity index (χ4n) is 2.97. The topological polar surface area (TPSA) is 56.2 Å². The first-order valence-corrected chi connectivity index (χ1v) is 9.25. The van der Waals surface area contributed by atoms with Gasteiger partial charge in [-0.1, -0.05) is 30.3 Å². The van der Waals surface area contributed by atoms with Crippen molar-refractivity contribution in [3.05, 3.63) is 82.9 Å². The maximum Gasteiger partial charge on any atom is 0.223 e. The predicted molar refractivity (Wildman–Crippen MR) is 106 cm³/mol. The molecule has 2 aromatic carbocycles. The van der Waals surface area contributed by atoms with E-state index in [0.717, 1.165) is 17.0 Å². The molecule has 3 rings (SSSR count). The van der Waals surface area contributed by atoms with Crippen LogP contribution in [0.2, 0.25) is 0 Å². The monoisotopic (exact) mass is 381 g/mol. The van der Waals surface area contributed by atoms with E-state index in [-0.39, 0.29) is 24.8 Å². The average molecular weight is 381 g/mol. The Bertz CT molecular complexity index is 921. The number of amides is 1. The highest BCUT2D eigenvalue weighted by Crippen LogP contribution is 2.15. The number of carbonyl (C=O) groups is 1. The van der Waals surface area contributed by atoms with Crippen LogP contribution in [-0.2, 0) is 17.9 Å². The largest absolute Gasteiger partial charge is 0.493 e. The van der Waals surface area contributed by atoms with E-state index in [1.807, 2.05) is 36.7 Å². The van der Waals surface area contributed by atoms with Gasteiger partial charge < -0.3 is 10.1 Å². The zero-order valence-electron chi connectivity index (χ0n) is 16.1. The maximum atomic E-state index is 12.9. The molecule has 0 aliphatic heterocycles. The number of hydrogen-bond acceptors (Lipinski definition) is 3. The molecule has 0 fully saturated rings. The minimum Gasteiger partial charge on any atom is -0.493 e. The summed E-state index contributed by atoms with van der Waals surface area (Å²) in [6.45, 7) is 5.34. The molecule has 28 heavy (non-hydrogen) atoms. The number of hydrogen-bond donors (Lipinski definition) is 1. The maximum absolute atomic E-state index is 12.9. The second kappa shape index (κ2) is 9.17. The molecule has 0 atom stereocenters. The molecule has 0 bridgehead atoms. The van der Waals surface area contributed by atoms with Gasteiger partial charge in [-0.05, 0) is 43.7 Å². The Morgan fingerprint density at radius 3 is 2.54 bits per heavy atom. The molecule has 1 heterocycles. The minimum atomic E-state index is -0.316. The number of nitrogens with zero attached hydrogens (tertiary/aromatic N) is 2. The van der Waals surface area contributed by atoms with Gasteiger partial charge in [-0.25, -0.2) is 4.39 Å². The summed E-state index contributed by atoms with van der Waals surface area (Å²) in [5.41, 5.74) is 4.17. The molecule has 0 saturated heterocycles. The average Bonchev–Trinajstić information content (AvgIpc) is 2.95. The third-order valence-corrected chi connectivity index (χ3v) is 4.58. The fourth-order valence-corrected chi connectivity index (χ4v) is 2.97. The number of ether oxygens (including phenoxy) is 1. The van der Waals surface area contributed by atoms with Gasteiger partial charge in [-0.3, -0.25) is 9.48 Å². The molecule has 146 valence electrons. The summed E-state index contributed by atoms with van der Waals surface area (Å²) in [6.07, 6.45) is 0.230. The van der Waals surface area contributed by atoms with Crippen LogP contribution in [0.5, 0.6) is 5.75 Å². The number of benzene rings is 2. The third kappa shape index (κ3) is 5.19. The van der Waals surface area contributed by atoms with Gasteiger partial charge in [-0.2, -0.15) is 5.10 Å². The molecule has 6 heteroatoms. The molecular formula is C22H24FN3O2. The zero-order valence-corrected chi connectivity index (χ0v) is 16.1. The third-order valence-electron chi connectivity index (χ3n) is 4.58. The van der Waals surface area contributed by atoms with Crippen molar-refractivity contribution in [2.75, 3.05) is 6.61 Å². The Labute approximate surface area is 164 Å². The van der Waals surface area contributed by atoms with Gasteiger partial charge in [0, 0.05) is 17.8 Å². The second-order valence-electron chi connectivity index (χ2n) is 6.62. The van der Waals surface area contributed by atoms with Gasteiger partial charge >= 0.3 is 0 Å². The Hall–Kier alpha value is -3.15. The molecule has 1 N–H and O–H groups in total. The van der Waals surface area contributed by atoms with Crippen molar-refractivity contribution in [2.24, 2.45) is 0 Å². The van der Waals surface area contributed by atoms with Crippen LogP contribution in [-0.4, -0.2) is 22.3 Å². The fraction of sp³-hybridized carbons (Fsp3) is 0.273. The Balaban J connectivity index is 1.49. The first-order valence-electron chi connectivity index (χ1n) is 9.25. The van der Waals surface area contributed by atoms with Gasteiger partial charge in [0.1, 0.15) is 11.6 Å². The molecule has 1 amide bonds. The van der Waals surface area contributed by atoms with Gasteiger partial charge in [0.25, 0.3) is 0 Å². The van der Waals surface area contributed by atoms with E-state index >= 15 is 0 Å². The summed E-state index contributed by atoms with van der Waals surface area (Å²) >= 11 is 0. The lowest BCUT2D eigenvalue weighted by atomic mass is 10.2. The molecule has 0 saturated carbocycles. The lowest BCUT2D eigenvalue weighted by Gasteiger charge is -2.08. The van der Waals surface area contributed by atoms with Crippen molar-refractivity contribution in [2.45, 2.75) is 33.4 Å². The number of carbonyl (C=O) groups excluding carboxylic acids is 1. The van der Waals surface area contributed by atoms with E-state index in [9.17, 15) is 9.18 Å². The lowest BCUT2D eigenvalue weighted by molar-refractivity contribution is -0.121. The second-order valence-corrected chi connectivity index (χ2v) is 6.62. The number of aryl methyl sites for hydroxylation is 1. The Morgan fingerprint density at radius 2 is 1.82 bits per heavy atom.